The summed E-state index contributed by atoms with van der Waals surface area (Å²) in [4.78, 5) is 62.0. The fourth-order valence-electron chi connectivity index (χ4n) is 4.08. The monoisotopic (exact) mass is 593 g/mol. The smallest absolute Gasteiger partial charge is 0.335 e. The van der Waals surface area contributed by atoms with E-state index in [1.165, 1.54) is 12.1 Å². The summed E-state index contributed by atoms with van der Waals surface area (Å²) >= 11 is 0. The number of amides is 4. The second-order valence-electron chi connectivity index (χ2n) is 12.0. The lowest BCUT2D eigenvalue weighted by atomic mass is 10.0. The van der Waals surface area contributed by atoms with Crippen molar-refractivity contribution in [3.8, 4) is 0 Å². The first-order valence-corrected chi connectivity index (χ1v) is 14.2. The molecule has 1 rings (SSSR count). The Hall–Kier alpha value is -3.55. The lowest BCUT2D eigenvalue weighted by Gasteiger charge is -2.27. The number of hydrogen-bond acceptors (Lipinski definition) is 7. The average molecular weight is 594 g/mol. The quantitative estimate of drug-likeness (QED) is 0.0838. The van der Waals surface area contributed by atoms with Crippen LogP contribution >= 0.6 is 0 Å². The minimum atomic E-state index is -1.29. The number of carbonyl (C=O) groups is 5. The zero-order valence-electron chi connectivity index (χ0n) is 25.6. The van der Waals surface area contributed by atoms with E-state index in [0.717, 1.165) is 23.0 Å². The molecule has 0 saturated heterocycles. The molecule has 0 bridgehead atoms. The number of aliphatic hydroxyl groups excluding tert-OH is 1. The van der Waals surface area contributed by atoms with E-state index in [9.17, 15) is 29.1 Å². The Labute approximate surface area is 248 Å². The predicted molar refractivity (Wildman–Crippen MR) is 158 cm³/mol. The number of carbonyl (C=O) groups excluding carboxylic acids is 4. The van der Waals surface area contributed by atoms with Gasteiger partial charge in [0.25, 0.3) is 0 Å². The summed E-state index contributed by atoms with van der Waals surface area (Å²) in [6.45, 7) is 5.93. The highest BCUT2D eigenvalue weighted by Crippen LogP contribution is 2.10. The van der Waals surface area contributed by atoms with Crippen LogP contribution < -0.4 is 27.0 Å². The van der Waals surface area contributed by atoms with Crippen molar-refractivity contribution in [2.75, 3.05) is 34.3 Å². The molecule has 13 nitrogen and oxygen atoms in total. The molecule has 0 aromatic heterocycles. The van der Waals surface area contributed by atoms with Crippen LogP contribution in [0.15, 0.2) is 24.3 Å². The molecule has 4 atom stereocenters. The molecule has 4 amide bonds. The number of nitrogens with two attached hydrogens (primary N) is 1. The van der Waals surface area contributed by atoms with E-state index in [0.29, 0.717) is 19.4 Å². The minimum absolute atomic E-state index is 0.0440. The summed E-state index contributed by atoms with van der Waals surface area (Å²) in [5.74, 6) is -3.49. The summed E-state index contributed by atoms with van der Waals surface area (Å²) in [6.07, 6.45) is 2.01. The Morgan fingerprint density at radius 3 is 1.88 bits per heavy atom. The van der Waals surface area contributed by atoms with Crippen LogP contribution in [0.25, 0.3) is 0 Å². The van der Waals surface area contributed by atoms with Gasteiger partial charge in [0.05, 0.1) is 45.9 Å². The number of quaternary nitrogens is 1. The lowest BCUT2D eigenvalue weighted by molar-refractivity contribution is -0.870. The molecular weight excluding hydrogens is 544 g/mol. The molecular formula is C29H49N6O7+. The number of aromatic carboxylic acids is 1. The number of hydrogen-bond donors (Lipinski definition) is 7. The number of aliphatic hydroxyl groups is 1. The van der Waals surface area contributed by atoms with Gasteiger partial charge in [0.1, 0.15) is 18.1 Å². The van der Waals surface area contributed by atoms with Crippen LogP contribution in [0.4, 0.5) is 0 Å². The molecule has 0 aliphatic carbocycles. The van der Waals surface area contributed by atoms with Crippen molar-refractivity contribution < 1.29 is 38.7 Å². The first-order chi connectivity index (χ1) is 19.5. The van der Waals surface area contributed by atoms with Crippen molar-refractivity contribution in [1.82, 2.24) is 21.3 Å². The molecule has 0 saturated carbocycles. The van der Waals surface area contributed by atoms with Gasteiger partial charge in [-0.05, 0) is 56.2 Å². The van der Waals surface area contributed by atoms with Gasteiger partial charge < -0.3 is 41.7 Å². The van der Waals surface area contributed by atoms with Crippen LogP contribution in [0.2, 0.25) is 0 Å². The molecule has 42 heavy (non-hydrogen) atoms. The Morgan fingerprint density at radius 1 is 0.833 bits per heavy atom. The number of carboxylic acids is 1. The number of unbranched alkanes of at least 4 members (excludes halogenated alkanes) is 1. The number of nitrogens with one attached hydrogen (secondary N) is 4. The molecule has 0 aliphatic rings. The molecule has 0 fully saturated rings. The van der Waals surface area contributed by atoms with E-state index < -0.39 is 60.4 Å². The van der Waals surface area contributed by atoms with Crippen LogP contribution in [0.1, 0.15) is 62.4 Å². The molecule has 0 aliphatic heterocycles. The SMILES string of the molecule is CC(C)C[C@H](NC(=O)[C@H](C)NCc1ccc(C(=O)O)cc1)C(=O)N[C@@H](CCCC[N+](C)(C)C)C(=O)N[C@@H](CO)C(N)=O. The largest absolute Gasteiger partial charge is 0.478 e. The Kier molecular flexibility index (Phi) is 15.1. The molecule has 0 spiro atoms. The van der Waals surface area contributed by atoms with Gasteiger partial charge in [-0.3, -0.25) is 19.2 Å². The third kappa shape index (κ3) is 13.9. The number of benzene rings is 1. The van der Waals surface area contributed by atoms with E-state index in [-0.39, 0.29) is 17.9 Å². The molecule has 0 unspecified atom stereocenters. The van der Waals surface area contributed by atoms with Crippen LogP contribution in [0.5, 0.6) is 0 Å². The van der Waals surface area contributed by atoms with E-state index in [4.69, 9.17) is 10.8 Å². The number of rotatable bonds is 19. The number of nitrogens with zero attached hydrogens (tertiary/aromatic N) is 1. The van der Waals surface area contributed by atoms with Crippen molar-refractivity contribution >= 4 is 29.6 Å². The third-order valence-corrected chi connectivity index (χ3v) is 6.59. The maximum Gasteiger partial charge on any atom is 0.335 e. The normalized spacial score (nSPS) is 14.4. The topological polar surface area (TPSA) is 200 Å². The fraction of sp³-hybridized carbons (Fsp3) is 0.621. The zero-order valence-corrected chi connectivity index (χ0v) is 25.6. The first kappa shape index (κ1) is 36.5. The minimum Gasteiger partial charge on any atom is -0.478 e. The van der Waals surface area contributed by atoms with E-state index in [1.807, 2.05) is 13.8 Å². The van der Waals surface area contributed by atoms with E-state index >= 15 is 0 Å². The highest BCUT2D eigenvalue weighted by molar-refractivity contribution is 5.94. The van der Waals surface area contributed by atoms with E-state index in [2.05, 4.69) is 42.4 Å². The predicted octanol–water partition coefficient (Wildman–Crippen LogP) is -0.282. The zero-order chi connectivity index (χ0) is 32.0. The van der Waals surface area contributed by atoms with Gasteiger partial charge in [-0.2, -0.15) is 0 Å². The van der Waals surface area contributed by atoms with Gasteiger partial charge in [0.15, 0.2) is 0 Å². The van der Waals surface area contributed by atoms with Gasteiger partial charge >= 0.3 is 5.97 Å². The molecule has 13 heteroatoms. The van der Waals surface area contributed by atoms with Gasteiger partial charge in [-0.1, -0.05) is 26.0 Å². The third-order valence-electron chi connectivity index (χ3n) is 6.59. The fourth-order valence-corrected chi connectivity index (χ4v) is 4.08. The average Bonchev–Trinajstić information content (AvgIpc) is 2.90. The van der Waals surface area contributed by atoms with Crippen molar-refractivity contribution in [3.05, 3.63) is 35.4 Å². The van der Waals surface area contributed by atoms with E-state index in [1.54, 1.807) is 19.1 Å². The molecule has 0 heterocycles. The number of primary amides is 1. The van der Waals surface area contributed by atoms with Crippen LogP contribution in [-0.4, -0.2) is 103 Å². The summed E-state index contributed by atoms with van der Waals surface area (Å²) in [5, 5.41) is 29.4. The maximum absolute atomic E-state index is 13.4. The highest BCUT2D eigenvalue weighted by Gasteiger charge is 2.30. The van der Waals surface area contributed by atoms with Gasteiger partial charge in [-0.25, -0.2) is 4.79 Å². The van der Waals surface area contributed by atoms with Crippen molar-refractivity contribution in [2.45, 2.75) is 77.2 Å². The summed E-state index contributed by atoms with van der Waals surface area (Å²) < 4.78 is 0.736. The van der Waals surface area contributed by atoms with Crippen molar-refractivity contribution in [3.63, 3.8) is 0 Å². The van der Waals surface area contributed by atoms with Crippen LogP contribution in [-0.2, 0) is 25.7 Å². The van der Waals surface area contributed by atoms with Crippen molar-refractivity contribution in [2.24, 2.45) is 11.7 Å². The van der Waals surface area contributed by atoms with Gasteiger partial charge in [0.2, 0.25) is 23.6 Å². The molecule has 1 aromatic carbocycles. The lowest BCUT2D eigenvalue weighted by Crippen LogP contribution is -2.58. The second kappa shape index (κ2) is 17.4. The molecule has 8 N–H and O–H groups in total. The summed E-state index contributed by atoms with van der Waals surface area (Å²) in [5.41, 5.74) is 6.20. The highest BCUT2D eigenvalue weighted by atomic mass is 16.4. The van der Waals surface area contributed by atoms with Gasteiger partial charge in [-0.15, -0.1) is 0 Å². The second-order valence-corrected chi connectivity index (χ2v) is 12.0. The van der Waals surface area contributed by atoms with Crippen LogP contribution in [0, 0.1) is 5.92 Å². The summed E-state index contributed by atoms with van der Waals surface area (Å²) in [7, 11) is 6.15. The summed E-state index contributed by atoms with van der Waals surface area (Å²) in [6, 6.07) is 2.37. The Morgan fingerprint density at radius 2 is 1.38 bits per heavy atom. The molecule has 0 radical (unpaired) electrons. The molecule has 1 aromatic rings. The Balaban J connectivity index is 2.93. The molecule has 236 valence electrons. The van der Waals surface area contributed by atoms with Crippen LogP contribution in [0.3, 0.4) is 0 Å². The van der Waals surface area contributed by atoms with Gasteiger partial charge in [0, 0.05) is 6.54 Å². The standard InChI is InChI=1S/C29H48N6O7/c1-18(2)15-23(33-26(38)19(3)31-16-20-10-12-21(13-11-20)29(41)42)28(40)32-22(9-7-8-14-35(4,5)6)27(39)34-24(17-36)25(30)37/h10-13,18-19,22-24,31,36H,7-9,14-17H2,1-6H3,(H5-,30,32,33,34,37,38,39,40,41,42)/p+1/t19-,22-,23-,24-/m0/s1. The maximum atomic E-state index is 13.4. The Bertz CT molecular complexity index is 1060. The van der Waals surface area contributed by atoms with Crippen molar-refractivity contribution in [1.29, 1.82) is 0 Å². The first-order valence-electron chi connectivity index (χ1n) is 14.2. The number of carboxylic acid groups (broad SMARTS) is 1.